The fourth-order valence-corrected chi connectivity index (χ4v) is 3.85. The van der Waals surface area contributed by atoms with Crippen LogP contribution in [0, 0.1) is 18.2 Å². The zero-order valence-corrected chi connectivity index (χ0v) is 19.7. The minimum absolute atomic E-state index is 0.0503. The first-order chi connectivity index (χ1) is 17.4. The number of halogens is 2. The summed E-state index contributed by atoms with van der Waals surface area (Å²) >= 11 is 6.07. The van der Waals surface area contributed by atoms with Crippen molar-refractivity contribution in [1.29, 1.82) is 0 Å². The second-order valence-corrected chi connectivity index (χ2v) is 8.22. The van der Waals surface area contributed by atoms with Crippen molar-refractivity contribution < 1.29 is 19.1 Å². The number of anilines is 2. The molecule has 0 saturated heterocycles. The molecule has 1 aliphatic heterocycles. The van der Waals surface area contributed by atoms with E-state index in [2.05, 4.69) is 26.5 Å². The molecule has 4 rings (SSSR count). The first kappa shape index (κ1) is 24.9. The van der Waals surface area contributed by atoms with Gasteiger partial charge >= 0.3 is 0 Å². The smallest absolute Gasteiger partial charge is 0.258 e. The minimum atomic E-state index is -0.749. The van der Waals surface area contributed by atoms with Crippen molar-refractivity contribution in [3.63, 3.8) is 0 Å². The predicted octanol–water partition coefficient (Wildman–Crippen LogP) is 3.41. The quantitative estimate of drug-likeness (QED) is 0.427. The number of aromatic nitrogens is 1. The number of β-amino-alcohol motifs (C(OH)–C–C–N with tert-alkyl or cyclic N) is 1. The SMILES string of the molecule is C#Cc1ccc(NC(=O)c2cc(Cl)ccc2NC(=O)c2ccc(C3=NCCN3CCO)cc2F)nc1. The third-order valence-corrected chi connectivity index (χ3v) is 5.65. The minimum Gasteiger partial charge on any atom is -0.395 e. The van der Waals surface area contributed by atoms with Gasteiger partial charge in [0, 0.05) is 35.4 Å². The Bertz CT molecular complexity index is 1390. The summed E-state index contributed by atoms with van der Waals surface area (Å²) in [5.74, 6) is 1.18. The molecule has 10 heteroatoms. The lowest BCUT2D eigenvalue weighted by atomic mass is 10.1. The van der Waals surface area contributed by atoms with Crippen molar-refractivity contribution in [2.24, 2.45) is 4.99 Å². The van der Waals surface area contributed by atoms with Gasteiger partial charge < -0.3 is 20.6 Å². The maximum atomic E-state index is 14.9. The summed E-state index contributed by atoms with van der Waals surface area (Å²) in [6.45, 7) is 1.51. The average molecular weight is 506 g/mol. The van der Waals surface area contributed by atoms with Gasteiger partial charge in [-0.05, 0) is 42.5 Å². The van der Waals surface area contributed by atoms with Crippen LogP contribution in [0.2, 0.25) is 5.02 Å². The van der Waals surface area contributed by atoms with Gasteiger partial charge in [-0.25, -0.2) is 9.37 Å². The van der Waals surface area contributed by atoms with Crippen LogP contribution < -0.4 is 10.6 Å². The van der Waals surface area contributed by atoms with E-state index >= 15 is 0 Å². The van der Waals surface area contributed by atoms with E-state index in [0.29, 0.717) is 36.6 Å². The molecule has 3 aromatic rings. The van der Waals surface area contributed by atoms with Crippen LogP contribution in [-0.4, -0.2) is 58.9 Å². The fourth-order valence-electron chi connectivity index (χ4n) is 3.67. The van der Waals surface area contributed by atoms with Crippen molar-refractivity contribution in [2.45, 2.75) is 0 Å². The molecule has 2 aromatic carbocycles. The number of hydrogen-bond donors (Lipinski definition) is 3. The monoisotopic (exact) mass is 505 g/mol. The Morgan fingerprint density at radius 2 is 1.92 bits per heavy atom. The van der Waals surface area contributed by atoms with Crippen molar-refractivity contribution >= 4 is 40.8 Å². The number of amidine groups is 1. The molecule has 0 unspecified atom stereocenters. The van der Waals surface area contributed by atoms with Gasteiger partial charge in [0.25, 0.3) is 11.8 Å². The molecule has 1 aliphatic rings. The van der Waals surface area contributed by atoms with Crippen LogP contribution in [-0.2, 0) is 0 Å². The first-order valence-electron chi connectivity index (χ1n) is 10.9. The summed E-state index contributed by atoms with van der Waals surface area (Å²) < 4.78 is 14.9. The van der Waals surface area contributed by atoms with Gasteiger partial charge in [-0.15, -0.1) is 6.42 Å². The number of nitrogens with one attached hydrogen (secondary N) is 2. The van der Waals surface area contributed by atoms with Gasteiger partial charge in [0.1, 0.15) is 17.5 Å². The van der Waals surface area contributed by atoms with Crippen LogP contribution >= 0.6 is 11.6 Å². The van der Waals surface area contributed by atoms with E-state index in [4.69, 9.17) is 18.0 Å². The van der Waals surface area contributed by atoms with E-state index < -0.39 is 17.6 Å². The highest BCUT2D eigenvalue weighted by Gasteiger charge is 2.22. The van der Waals surface area contributed by atoms with Crippen LogP contribution in [0.25, 0.3) is 0 Å². The number of amides is 2. The number of aliphatic hydroxyl groups is 1. The number of benzene rings is 2. The maximum absolute atomic E-state index is 14.9. The normalized spacial score (nSPS) is 12.6. The van der Waals surface area contributed by atoms with Crippen LogP contribution in [0.15, 0.2) is 59.7 Å². The average Bonchev–Trinajstić information content (AvgIpc) is 3.34. The van der Waals surface area contributed by atoms with Crippen molar-refractivity contribution in [2.75, 3.05) is 36.9 Å². The Kier molecular flexibility index (Phi) is 7.59. The van der Waals surface area contributed by atoms with Crippen LogP contribution in [0.3, 0.4) is 0 Å². The Labute approximate surface area is 211 Å². The Morgan fingerprint density at radius 1 is 1.11 bits per heavy atom. The van der Waals surface area contributed by atoms with Gasteiger partial charge in [0.2, 0.25) is 0 Å². The highest BCUT2D eigenvalue weighted by atomic mass is 35.5. The summed E-state index contributed by atoms with van der Waals surface area (Å²) in [4.78, 5) is 36.1. The number of terminal acetylenes is 1. The largest absolute Gasteiger partial charge is 0.395 e. The molecule has 0 atom stereocenters. The molecule has 8 nitrogen and oxygen atoms in total. The molecule has 3 N–H and O–H groups in total. The van der Waals surface area contributed by atoms with Crippen LogP contribution in [0.5, 0.6) is 0 Å². The molecule has 0 radical (unpaired) electrons. The van der Waals surface area contributed by atoms with Gasteiger partial charge in [0.05, 0.1) is 30.0 Å². The zero-order chi connectivity index (χ0) is 25.7. The third-order valence-electron chi connectivity index (χ3n) is 5.42. The Hall–Kier alpha value is -4.26. The highest BCUT2D eigenvalue weighted by molar-refractivity contribution is 6.31. The van der Waals surface area contributed by atoms with E-state index in [1.807, 2.05) is 4.90 Å². The Balaban J connectivity index is 1.53. The van der Waals surface area contributed by atoms with E-state index in [1.54, 1.807) is 18.2 Å². The third kappa shape index (κ3) is 5.51. The van der Waals surface area contributed by atoms with Crippen molar-refractivity contribution in [1.82, 2.24) is 9.88 Å². The van der Waals surface area contributed by atoms with Crippen LogP contribution in [0.4, 0.5) is 15.9 Å². The molecule has 0 fully saturated rings. The van der Waals surface area contributed by atoms with Gasteiger partial charge in [-0.3, -0.25) is 14.6 Å². The van der Waals surface area contributed by atoms with Crippen molar-refractivity contribution in [3.8, 4) is 12.3 Å². The van der Waals surface area contributed by atoms with Gasteiger partial charge in [-0.1, -0.05) is 23.6 Å². The second-order valence-electron chi connectivity index (χ2n) is 7.79. The topological polar surface area (TPSA) is 107 Å². The number of aliphatic imine (C=N–C) groups is 1. The number of hydrogen-bond acceptors (Lipinski definition) is 6. The van der Waals surface area contributed by atoms with Crippen molar-refractivity contribution in [3.05, 3.63) is 87.8 Å². The summed E-state index contributed by atoms with van der Waals surface area (Å²) in [5, 5.41) is 14.7. The van der Waals surface area contributed by atoms with Crippen LogP contribution in [0.1, 0.15) is 31.8 Å². The Morgan fingerprint density at radius 3 is 2.61 bits per heavy atom. The number of nitrogens with zero attached hydrogens (tertiary/aromatic N) is 3. The molecule has 2 heterocycles. The standard InChI is InChI=1S/C26H21ClFN5O3/c1-2-16-3-8-23(30-15-16)32-26(36)20-14-18(27)5-7-22(20)31-25(35)19-6-4-17(13-21(19)28)24-29-9-10-33(24)11-12-34/h1,3-8,13-15,34H,9-12H2,(H,31,35)(H,30,32,36). The molecule has 182 valence electrons. The lowest BCUT2D eigenvalue weighted by Gasteiger charge is -2.19. The number of carbonyl (C=O) groups is 2. The molecule has 0 saturated carbocycles. The molecule has 36 heavy (non-hydrogen) atoms. The van der Waals surface area contributed by atoms with E-state index in [0.717, 1.165) is 0 Å². The number of carbonyl (C=O) groups excluding carboxylic acids is 2. The molecule has 0 spiro atoms. The lowest BCUT2D eigenvalue weighted by Crippen LogP contribution is -2.31. The predicted molar refractivity (Wildman–Crippen MR) is 136 cm³/mol. The molecular weight excluding hydrogens is 485 g/mol. The maximum Gasteiger partial charge on any atom is 0.258 e. The molecule has 0 bridgehead atoms. The van der Waals surface area contributed by atoms with E-state index in [1.165, 1.54) is 36.5 Å². The first-order valence-corrected chi connectivity index (χ1v) is 11.3. The molecule has 2 amide bonds. The fraction of sp³-hybridized carbons (Fsp3) is 0.154. The lowest BCUT2D eigenvalue weighted by molar-refractivity contribution is 0.102. The molecular formula is C26H21ClFN5O3. The number of rotatable bonds is 7. The second kappa shape index (κ2) is 11.0. The number of aliphatic hydroxyl groups excluding tert-OH is 1. The summed E-state index contributed by atoms with van der Waals surface area (Å²) in [6.07, 6.45) is 6.75. The zero-order valence-electron chi connectivity index (χ0n) is 19.0. The van der Waals surface area contributed by atoms with Gasteiger partial charge in [-0.2, -0.15) is 0 Å². The van der Waals surface area contributed by atoms with E-state index in [9.17, 15) is 19.1 Å². The number of pyridine rings is 1. The van der Waals surface area contributed by atoms with E-state index in [-0.39, 0.29) is 34.3 Å². The summed E-state index contributed by atoms with van der Waals surface area (Å²) in [5.41, 5.74) is 1.05. The highest BCUT2D eigenvalue weighted by Crippen LogP contribution is 2.24. The van der Waals surface area contributed by atoms with Gasteiger partial charge in [0.15, 0.2) is 0 Å². The summed E-state index contributed by atoms with van der Waals surface area (Å²) in [6, 6.07) is 11.7. The molecule has 1 aromatic heterocycles. The summed E-state index contributed by atoms with van der Waals surface area (Å²) in [7, 11) is 0. The molecule has 0 aliphatic carbocycles.